The van der Waals surface area contributed by atoms with Crippen LogP contribution < -0.4 is 5.32 Å². The molecule has 1 saturated heterocycles. The Labute approximate surface area is 69.4 Å². The van der Waals surface area contributed by atoms with Gasteiger partial charge < -0.3 is 5.32 Å². The Bertz CT molecular complexity index is 112. The monoisotopic (exact) mass is 157 g/mol. The van der Waals surface area contributed by atoms with Crippen LogP contribution in [0.25, 0.3) is 0 Å². The second-order valence-corrected chi connectivity index (χ2v) is 3.07. The summed E-state index contributed by atoms with van der Waals surface area (Å²) in [4.78, 5) is 10.6. The van der Waals surface area contributed by atoms with Gasteiger partial charge in [-0.3, -0.25) is 4.79 Å². The van der Waals surface area contributed by atoms with Gasteiger partial charge in [0.05, 0.1) is 0 Å². The predicted molar refractivity (Wildman–Crippen MR) is 47.4 cm³/mol. The SMILES string of the molecule is CC1CCCC(=O)N1.CCC. The maximum absolute atomic E-state index is 10.6. The molecule has 0 bridgehead atoms. The van der Waals surface area contributed by atoms with E-state index in [2.05, 4.69) is 19.2 Å². The number of piperidine rings is 1. The number of hydrogen-bond acceptors (Lipinski definition) is 1. The highest BCUT2D eigenvalue weighted by Gasteiger charge is 2.12. The summed E-state index contributed by atoms with van der Waals surface area (Å²) in [6.07, 6.45) is 4.18. The van der Waals surface area contributed by atoms with Crippen LogP contribution in [-0.2, 0) is 4.79 Å². The molecule has 1 atom stereocenters. The first-order valence-corrected chi connectivity index (χ1v) is 4.50. The molecule has 0 aromatic rings. The first-order valence-electron chi connectivity index (χ1n) is 4.50. The van der Waals surface area contributed by atoms with Crippen LogP contribution in [-0.4, -0.2) is 11.9 Å². The zero-order valence-electron chi connectivity index (χ0n) is 7.81. The molecule has 1 heterocycles. The number of nitrogens with one attached hydrogen (secondary N) is 1. The Kier molecular flexibility index (Phi) is 5.90. The summed E-state index contributed by atoms with van der Waals surface area (Å²) in [7, 11) is 0. The summed E-state index contributed by atoms with van der Waals surface area (Å²) in [6.45, 7) is 6.29. The van der Waals surface area contributed by atoms with E-state index in [4.69, 9.17) is 0 Å². The van der Waals surface area contributed by atoms with E-state index in [9.17, 15) is 4.79 Å². The molecule has 1 aliphatic heterocycles. The van der Waals surface area contributed by atoms with Crippen LogP contribution in [0.3, 0.4) is 0 Å². The summed E-state index contributed by atoms with van der Waals surface area (Å²) in [5, 5.41) is 2.84. The molecule has 0 saturated carbocycles. The average molecular weight is 157 g/mol. The number of amides is 1. The first kappa shape index (κ1) is 10.5. The smallest absolute Gasteiger partial charge is 0.220 e. The Hall–Kier alpha value is -0.530. The molecule has 0 aromatic heterocycles. The molecule has 1 aliphatic rings. The van der Waals surface area contributed by atoms with Gasteiger partial charge in [0.2, 0.25) is 5.91 Å². The van der Waals surface area contributed by atoms with Gasteiger partial charge in [-0.05, 0) is 19.8 Å². The van der Waals surface area contributed by atoms with E-state index in [-0.39, 0.29) is 5.91 Å². The van der Waals surface area contributed by atoms with Crippen LogP contribution in [0.1, 0.15) is 46.5 Å². The fourth-order valence-corrected chi connectivity index (χ4v) is 0.988. The van der Waals surface area contributed by atoms with Crippen molar-refractivity contribution in [2.45, 2.75) is 52.5 Å². The zero-order chi connectivity index (χ0) is 8.69. The lowest BCUT2D eigenvalue weighted by atomic mass is 10.1. The molecule has 1 unspecified atom stereocenters. The lowest BCUT2D eigenvalue weighted by molar-refractivity contribution is -0.123. The zero-order valence-corrected chi connectivity index (χ0v) is 7.81. The summed E-state index contributed by atoms with van der Waals surface area (Å²) < 4.78 is 0. The van der Waals surface area contributed by atoms with Gasteiger partial charge in [0, 0.05) is 12.5 Å². The molecule has 1 amide bonds. The van der Waals surface area contributed by atoms with Crippen molar-refractivity contribution in [2.75, 3.05) is 0 Å². The van der Waals surface area contributed by atoms with Crippen molar-refractivity contribution in [1.82, 2.24) is 5.32 Å². The van der Waals surface area contributed by atoms with E-state index < -0.39 is 0 Å². The molecule has 1 N–H and O–H groups in total. The van der Waals surface area contributed by atoms with Crippen molar-refractivity contribution in [3.05, 3.63) is 0 Å². The topological polar surface area (TPSA) is 29.1 Å². The number of carbonyl (C=O) groups excluding carboxylic acids is 1. The first-order chi connectivity index (χ1) is 5.20. The quantitative estimate of drug-likeness (QED) is 0.573. The Morgan fingerprint density at radius 3 is 2.36 bits per heavy atom. The van der Waals surface area contributed by atoms with E-state index in [1.54, 1.807) is 0 Å². The molecular formula is C9H19NO. The van der Waals surface area contributed by atoms with Crippen molar-refractivity contribution in [3.63, 3.8) is 0 Å². The molecule has 66 valence electrons. The van der Waals surface area contributed by atoms with Crippen molar-refractivity contribution in [1.29, 1.82) is 0 Å². The minimum atomic E-state index is 0.212. The van der Waals surface area contributed by atoms with Crippen LogP contribution in [0.5, 0.6) is 0 Å². The fraction of sp³-hybridized carbons (Fsp3) is 0.889. The van der Waals surface area contributed by atoms with Gasteiger partial charge in [-0.25, -0.2) is 0 Å². The van der Waals surface area contributed by atoms with E-state index >= 15 is 0 Å². The van der Waals surface area contributed by atoms with E-state index in [0.29, 0.717) is 6.04 Å². The summed E-state index contributed by atoms with van der Waals surface area (Å²) >= 11 is 0. The molecule has 0 radical (unpaired) electrons. The lowest BCUT2D eigenvalue weighted by Gasteiger charge is -2.18. The van der Waals surface area contributed by atoms with Gasteiger partial charge in [0.25, 0.3) is 0 Å². The molecule has 0 aromatic carbocycles. The Morgan fingerprint density at radius 1 is 1.55 bits per heavy atom. The number of carbonyl (C=O) groups is 1. The van der Waals surface area contributed by atoms with Crippen LogP contribution in [0.4, 0.5) is 0 Å². The van der Waals surface area contributed by atoms with Crippen molar-refractivity contribution >= 4 is 5.91 Å². The molecule has 1 rings (SSSR count). The maximum Gasteiger partial charge on any atom is 0.220 e. The lowest BCUT2D eigenvalue weighted by Crippen LogP contribution is -2.36. The van der Waals surface area contributed by atoms with Crippen LogP contribution >= 0.6 is 0 Å². The normalized spacial score (nSPS) is 23.2. The summed E-state index contributed by atoms with van der Waals surface area (Å²) in [5.74, 6) is 0.212. The van der Waals surface area contributed by atoms with E-state index in [1.165, 1.54) is 6.42 Å². The van der Waals surface area contributed by atoms with Gasteiger partial charge in [-0.1, -0.05) is 20.3 Å². The highest BCUT2D eigenvalue weighted by Crippen LogP contribution is 2.05. The summed E-state index contributed by atoms with van der Waals surface area (Å²) in [6, 6.07) is 0.413. The third-order valence-electron chi connectivity index (χ3n) is 1.45. The summed E-state index contributed by atoms with van der Waals surface area (Å²) in [5.41, 5.74) is 0. The molecule has 0 aliphatic carbocycles. The van der Waals surface area contributed by atoms with Gasteiger partial charge in [0.15, 0.2) is 0 Å². The molecule has 2 heteroatoms. The molecule has 11 heavy (non-hydrogen) atoms. The van der Waals surface area contributed by atoms with Gasteiger partial charge in [-0.15, -0.1) is 0 Å². The molecule has 0 spiro atoms. The maximum atomic E-state index is 10.6. The average Bonchev–Trinajstić information content (AvgIpc) is 1.88. The minimum absolute atomic E-state index is 0.212. The van der Waals surface area contributed by atoms with E-state index in [0.717, 1.165) is 19.3 Å². The highest BCUT2D eigenvalue weighted by molar-refractivity contribution is 5.76. The third kappa shape index (κ3) is 5.89. The van der Waals surface area contributed by atoms with E-state index in [1.807, 2.05) is 6.92 Å². The van der Waals surface area contributed by atoms with Gasteiger partial charge >= 0.3 is 0 Å². The molecular weight excluding hydrogens is 138 g/mol. The van der Waals surface area contributed by atoms with Crippen LogP contribution in [0, 0.1) is 0 Å². The molecule has 2 nitrogen and oxygen atoms in total. The highest BCUT2D eigenvalue weighted by atomic mass is 16.1. The van der Waals surface area contributed by atoms with Crippen molar-refractivity contribution < 1.29 is 4.79 Å². The van der Waals surface area contributed by atoms with Gasteiger partial charge in [-0.2, -0.15) is 0 Å². The van der Waals surface area contributed by atoms with Crippen LogP contribution in [0.15, 0.2) is 0 Å². The molecule has 1 fully saturated rings. The second-order valence-electron chi connectivity index (χ2n) is 3.07. The standard InChI is InChI=1S/C6H11NO.C3H8/c1-5-3-2-4-6(8)7-5;1-3-2/h5H,2-4H2,1H3,(H,7,8);3H2,1-2H3. The number of hydrogen-bond donors (Lipinski definition) is 1. The Morgan fingerprint density at radius 2 is 2.09 bits per heavy atom. The predicted octanol–water partition coefficient (Wildman–Crippen LogP) is 2.09. The largest absolute Gasteiger partial charge is 0.354 e. The number of rotatable bonds is 0. The second kappa shape index (κ2) is 6.20. The minimum Gasteiger partial charge on any atom is -0.354 e. The third-order valence-corrected chi connectivity index (χ3v) is 1.45. The van der Waals surface area contributed by atoms with Gasteiger partial charge in [0.1, 0.15) is 0 Å². The Balaban J connectivity index is 0.000000292. The van der Waals surface area contributed by atoms with Crippen molar-refractivity contribution in [3.8, 4) is 0 Å². The fourth-order valence-electron chi connectivity index (χ4n) is 0.988. The van der Waals surface area contributed by atoms with Crippen LogP contribution in [0.2, 0.25) is 0 Å². The van der Waals surface area contributed by atoms with Crippen molar-refractivity contribution in [2.24, 2.45) is 0 Å².